The zero-order chi connectivity index (χ0) is 25.1. The van der Waals surface area contributed by atoms with Gasteiger partial charge < -0.3 is 9.64 Å². The maximum atomic E-state index is 12.9. The van der Waals surface area contributed by atoms with Gasteiger partial charge in [-0.1, -0.05) is 24.2 Å². The molecule has 1 saturated carbocycles. The van der Waals surface area contributed by atoms with Crippen LogP contribution in [0, 0.1) is 11.8 Å². The van der Waals surface area contributed by atoms with E-state index in [1.165, 1.54) is 24.2 Å². The van der Waals surface area contributed by atoms with Crippen LogP contribution in [0.3, 0.4) is 0 Å². The molecular weight excluding hydrogens is 489 g/mol. The Hall–Kier alpha value is -2.46. The van der Waals surface area contributed by atoms with Crippen LogP contribution in [0.25, 0.3) is 5.52 Å². The smallest absolute Gasteiger partial charge is 0.422 e. The van der Waals surface area contributed by atoms with E-state index in [0.29, 0.717) is 18.3 Å². The fourth-order valence-electron chi connectivity index (χ4n) is 5.46. The predicted molar refractivity (Wildman–Crippen MR) is 132 cm³/mol. The van der Waals surface area contributed by atoms with Gasteiger partial charge in [-0.3, -0.25) is 4.79 Å². The number of hydrogen-bond acceptors (Lipinski definition) is 6. The van der Waals surface area contributed by atoms with E-state index in [-0.39, 0.29) is 11.0 Å². The number of alkyl halides is 3. The summed E-state index contributed by atoms with van der Waals surface area (Å²) in [6.45, 7) is 1.52. The fraction of sp³-hybridized carbons (Fsp3) is 0.577. The van der Waals surface area contributed by atoms with Gasteiger partial charge in [0.1, 0.15) is 0 Å². The topological polar surface area (TPSA) is 59.7 Å². The Morgan fingerprint density at radius 3 is 2.69 bits per heavy atom. The molecule has 0 radical (unpaired) electrons. The molecule has 2 aliphatic rings. The molecule has 1 aliphatic heterocycles. The average Bonchev–Trinajstić information content (AvgIpc) is 3.42. The van der Waals surface area contributed by atoms with Gasteiger partial charge in [-0.2, -0.15) is 18.3 Å². The number of carbonyl (C=O) groups excluding carboxylic acids is 1. The molecule has 6 nitrogen and oxygen atoms in total. The largest absolute Gasteiger partial charge is 0.460 e. The molecule has 1 fully saturated rings. The Kier molecular flexibility index (Phi) is 7.62. The maximum Gasteiger partial charge on any atom is 0.422 e. The lowest BCUT2D eigenvalue weighted by Crippen LogP contribution is -2.29. The van der Waals surface area contributed by atoms with E-state index >= 15 is 0 Å². The fourth-order valence-corrected chi connectivity index (χ4v) is 6.40. The third-order valence-electron chi connectivity index (χ3n) is 7.47. The van der Waals surface area contributed by atoms with Gasteiger partial charge >= 0.3 is 6.18 Å². The highest BCUT2D eigenvalue weighted by atomic mass is 32.1. The molecule has 0 bridgehead atoms. The number of carbonyl (C=O) groups is 1. The highest BCUT2D eigenvalue weighted by molar-refractivity contribution is 7.13. The van der Waals surface area contributed by atoms with Crippen molar-refractivity contribution in [2.45, 2.75) is 57.5 Å². The molecule has 0 amide bonds. The summed E-state index contributed by atoms with van der Waals surface area (Å²) in [4.78, 5) is 20.7. The first-order valence-electron chi connectivity index (χ1n) is 12.7. The summed E-state index contributed by atoms with van der Waals surface area (Å²) >= 11 is 1.25. The van der Waals surface area contributed by atoms with E-state index in [9.17, 15) is 18.0 Å². The lowest BCUT2D eigenvalue weighted by molar-refractivity contribution is -0.153. The van der Waals surface area contributed by atoms with Gasteiger partial charge in [0.25, 0.3) is 5.19 Å². The minimum atomic E-state index is -4.34. The van der Waals surface area contributed by atoms with Crippen molar-refractivity contribution in [3.05, 3.63) is 46.7 Å². The zero-order valence-electron chi connectivity index (χ0n) is 20.2. The summed E-state index contributed by atoms with van der Waals surface area (Å²) in [5.41, 5.74) is 2.54. The van der Waals surface area contributed by atoms with E-state index in [1.54, 1.807) is 10.7 Å². The Balaban J connectivity index is 1.03. The number of thiazole rings is 1. The van der Waals surface area contributed by atoms with E-state index in [1.807, 2.05) is 24.4 Å². The van der Waals surface area contributed by atoms with Gasteiger partial charge in [0.2, 0.25) is 0 Å². The second-order valence-corrected chi connectivity index (χ2v) is 11.0. The first kappa shape index (κ1) is 25.2. The summed E-state index contributed by atoms with van der Waals surface area (Å²) in [5, 5.41) is 4.38. The number of aromatic nitrogens is 3. The second kappa shape index (κ2) is 10.9. The number of rotatable bonds is 8. The monoisotopic (exact) mass is 520 g/mol. The lowest BCUT2D eigenvalue weighted by Gasteiger charge is -2.30. The van der Waals surface area contributed by atoms with Crippen LogP contribution < -0.4 is 4.74 Å². The van der Waals surface area contributed by atoms with Crippen molar-refractivity contribution in [2.75, 3.05) is 26.2 Å². The molecule has 10 heteroatoms. The number of Topliss-reactive ketones (excluding diaryl/α,β-unsaturated/α-hetero) is 1. The number of ether oxygens (including phenoxy) is 1. The summed E-state index contributed by atoms with van der Waals surface area (Å²) in [7, 11) is 0. The van der Waals surface area contributed by atoms with Crippen LogP contribution in [0.2, 0.25) is 0 Å². The highest BCUT2D eigenvalue weighted by Crippen LogP contribution is 2.34. The molecule has 36 heavy (non-hydrogen) atoms. The van der Waals surface area contributed by atoms with Crippen molar-refractivity contribution in [1.82, 2.24) is 19.5 Å². The molecule has 0 unspecified atom stereocenters. The van der Waals surface area contributed by atoms with Crippen LogP contribution in [0.15, 0.2) is 30.6 Å². The third-order valence-corrected chi connectivity index (χ3v) is 8.54. The van der Waals surface area contributed by atoms with E-state index in [0.717, 1.165) is 73.4 Å². The number of hydrogen-bond donors (Lipinski definition) is 0. The lowest BCUT2D eigenvalue weighted by atomic mass is 9.78. The molecule has 0 N–H and O–H groups in total. The number of ketones is 1. The van der Waals surface area contributed by atoms with Crippen LogP contribution in [-0.2, 0) is 12.8 Å². The molecule has 0 saturated heterocycles. The molecular formula is C26H31F3N4O2S. The predicted octanol–water partition coefficient (Wildman–Crippen LogP) is 5.60. The molecule has 194 valence electrons. The van der Waals surface area contributed by atoms with Crippen molar-refractivity contribution < 1.29 is 22.7 Å². The van der Waals surface area contributed by atoms with E-state index in [2.05, 4.69) is 15.0 Å². The van der Waals surface area contributed by atoms with Crippen LogP contribution >= 0.6 is 11.3 Å². The molecule has 0 aromatic carbocycles. The van der Waals surface area contributed by atoms with Crippen LogP contribution in [0.1, 0.15) is 59.5 Å². The van der Waals surface area contributed by atoms with Crippen LogP contribution in [-0.4, -0.2) is 57.7 Å². The van der Waals surface area contributed by atoms with Gasteiger partial charge in [0, 0.05) is 48.8 Å². The van der Waals surface area contributed by atoms with Crippen molar-refractivity contribution in [3.63, 3.8) is 0 Å². The van der Waals surface area contributed by atoms with Gasteiger partial charge in [0.05, 0.1) is 11.2 Å². The number of halogens is 3. The number of nitrogens with zero attached hydrogens (tertiary/aromatic N) is 4. The van der Waals surface area contributed by atoms with Gasteiger partial charge in [-0.25, -0.2) is 9.50 Å². The third kappa shape index (κ3) is 6.26. The Morgan fingerprint density at radius 1 is 1.11 bits per heavy atom. The van der Waals surface area contributed by atoms with Crippen molar-refractivity contribution in [2.24, 2.45) is 11.8 Å². The van der Waals surface area contributed by atoms with Crippen LogP contribution in [0.5, 0.6) is 5.19 Å². The molecule has 5 rings (SSSR count). The Bertz CT molecular complexity index is 1160. The standard InChI is InChI=1S/C26H31F3N4O2S/c27-26(28,29)17-35-25-31-21-9-13-32(14-10-24(21)36-25)12-7-18-3-5-19(6-4-18)16-23(34)20-8-15-33-22(20)2-1-11-30-33/h1-2,8,11,15,18-19H,3-7,9-10,12-14,16-17H2. The number of fused-ring (bicyclic) bond motifs is 2. The molecule has 0 atom stereocenters. The Morgan fingerprint density at radius 2 is 1.89 bits per heavy atom. The average molecular weight is 521 g/mol. The molecule has 0 spiro atoms. The maximum absolute atomic E-state index is 12.9. The molecule has 3 aromatic heterocycles. The minimum absolute atomic E-state index is 0.128. The summed E-state index contributed by atoms with van der Waals surface area (Å²) in [6.07, 6.45) is 7.07. The van der Waals surface area contributed by atoms with E-state index in [4.69, 9.17) is 4.74 Å². The first-order valence-corrected chi connectivity index (χ1v) is 13.5. The zero-order valence-corrected chi connectivity index (χ0v) is 21.0. The second-order valence-electron chi connectivity index (χ2n) is 9.98. The highest BCUT2D eigenvalue weighted by Gasteiger charge is 2.30. The molecule has 3 aromatic rings. The Labute approximate surface area is 212 Å². The van der Waals surface area contributed by atoms with E-state index < -0.39 is 12.8 Å². The SMILES string of the molecule is O=C(CC1CCC(CCN2CCc3nc(OCC(F)(F)F)sc3CC2)CC1)c1ccn2ncccc12. The van der Waals surface area contributed by atoms with Gasteiger partial charge in [-0.15, -0.1) is 0 Å². The minimum Gasteiger partial charge on any atom is -0.460 e. The van der Waals surface area contributed by atoms with Crippen LogP contribution in [0.4, 0.5) is 13.2 Å². The van der Waals surface area contributed by atoms with Crippen molar-refractivity contribution in [3.8, 4) is 5.19 Å². The van der Waals surface area contributed by atoms with Gasteiger partial charge in [-0.05, 0) is 62.3 Å². The normalized spacial score (nSPS) is 21.3. The summed E-state index contributed by atoms with van der Waals surface area (Å²) < 4.78 is 43.8. The summed E-state index contributed by atoms with van der Waals surface area (Å²) in [5.74, 6) is 1.36. The van der Waals surface area contributed by atoms with Crippen molar-refractivity contribution in [1.29, 1.82) is 0 Å². The van der Waals surface area contributed by atoms with Crippen molar-refractivity contribution >= 4 is 22.6 Å². The first-order chi connectivity index (χ1) is 17.3. The van der Waals surface area contributed by atoms with Gasteiger partial charge in [0.15, 0.2) is 12.4 Å². The quantitative estimate of drug-likeness (QED) is 0.362. The molecule has 4 heterocycles. The molecule has 1 aliphatic carbocycles. The summed E-state index contributed by atoms with van der Waals surface area (Å²) in [6, 6.07) is 5.68.